The van der Waals surface area contributed by atoms with Crippen LogP contribution >= 0.6 is 0 Å². The molecule has 0 aliphatic carbocycles. The first kappa shape index (κ1) is 20.9. The number of aliphatic imine (C=N–C) groups is 1. The third kappa shape index (κ3) is 9.07. The molecule has 25 heavy (non-hydrogen) atoms. The second-order valence-electron chi connectivity index (χ2n) is 7.22. The van der Waals surface area contributed by atoms with Gasteiger partial charge in [-0.15, -0.1) is 0 Å². The van der Waals surface area contributed by atoms with Gasteiger partial charge in [0.15, 0.2) is 11.8 Å². The highest BCUT2D eigenvalue weighted by Crippen LogP contribution is 2.10. The fourth-order valence-corrected chi connectivity index (χ4v) is 2.00. The number of rotatable bonds is 8. The molecule has 3 N–H and O–H groups in total. The Labute approximate surface area is 150 Å². The van der Waals surface area contributed by atoms with E-state index in [0.29, 0.717) is 24.8 Å². The Hall–Kier alpha value is -2.12. The number of carbonyl (C=O) groups excluding carboxylic acids is 1. The summed E-state index contributed by atoms with van der Waals surface area (Å²) in [4.78, 5) is 20.5. The van der Waals surface area contributed by atoms with E-state index in [1.54, 1.807) is 0 Å². The van der Waals surface area contributed by atoms with Gasteiger partial charge in [-0.05, 0) is 34.1 Å². The Balaban J connectivity index is 2.38. The van der Waals surface area contributed by atoms with Crippen LogP contribution in [0.3, 0.4) is 0 Å². The van der Waals surface area contributed by atoms with Crippen LogP contribution in [-0.2, 0) is 11.2 Å². The Morgan fingerprint density at radius 1 is 1.28 bits per heavy atom. The lowest BCUT2D eigenvalue weighted by Crippen LogP contribution is -2.43. The third-order valence-electron chi connectivity index (χ3n) is 3.10. The van der Waals surface area contributed by atoms with E-state index in [-0.39, 0.29) is 23.9 Å². The molecule has 1 aromatic rings. The van der Waals surface area contributed by atoms with Crippen molar-refractivity contribution in [2.24, 2.45) is 4.99 Å². The number of carbonyl (C=O) groups is 1. The number of nitrogens with zero attached hydrogens (tertiary/aromatic N) is 3. The largest absolute Gasteiger partial charge is 0.357 e. The van der Waals surface area contributed by atoms with Crippen LogP contribution in [-0.4, -0.2) is 47.2 Å². The van der Waals surface area contributed by atoms with Gasteiger partial charge in [-0.25, -0.2) is 4.99 Å². The molecule has 1 rings (SSSR count). The summed E-state index contributed by atoms with van der Waals surface area (Å²) in [5.74, 6) is 2.18. The first-order chi connectivity index (χ1) is 11.7. The Morgan fingerprint density at radius 2 is 2.00 bits per heavy atom. The molecule has 0 bridgehead atoms. The fourth-order valence-electron chi connectivity index (χ4n) is 2.00. The molecule has 0 aliphatic rings. The normalized spacial score (nSPS) is 12.4. The van der Waals surface area contributed by atoms with E-state index in [9.17, 15) is 4.79 Å². The highest BCUT2D eigenvalue weighted by molar-refractivity contribution is 5.85. The quantitative estimate of drug-likeness (QED) is 0.373. The minimum Gasteiger partial charge on any atom is -0.357 e. The molecule has 0 saturated carbocycles. The zero-order chi connectivity index (χ0) is 18.9. The van der Waals surface area contributed by atoms with Crippen LogP contribution in [0.2, 0.25) is 0 Å². The van der Waals surface area contributed by atoms with E-state index >= 15 is 0 Å². The fraction of sp³-hybridized carbons (Fsp3) is 0.765. The van der Waals surface area contributed by atoms with Crippen molar-refractivity contribution in [1.82, 2.24) is 26.1 Å². The monoisotopic (exact) mass is 352 g/mol. The summed E-state index contributed by atoms with van der Waals surface area (Å²) in [6, 6.07) is 0. The number of nitrogens with one attached hydrogen (secondary N) is 3. The molecule has 0 saturated heterocycles. The molecule has 8 heteroatoms. The topological polar surface area (TPSA) is 104 Å². The number of hydrogen-bond donors (Lipinski definition) is 3. The van der Waals surface area contributed by atoms with Crippen molar-refractivity contribution in [2.45, 2.75) is 65.8 Å². The molecule has 0 fully saturated rings. The smallest absolute Gasteiger partial charge is 0.242 e. The van der Waals surface area contributed by atoms with Gasteiger partial charge in [0.25, 0.3) is 0 Å². The van der Waals surface area contributed by atoms with E-state index in [0.717, 1.165) is 18.8 Å². The van der Waals surface area contributed by atoms with Gasteiger partial charge in [0.1, 0.15) is 6.54 Å². The summed E-state index contributed by atoms with van der Waals surface area (Å²) in [5, 5.41) is 13.2. The summed E-state index contributed by atoms with van der Waals surface area (Å²) < 4.78 is 5.22. The Bertz CT molecular complexity index is 560. The molecule has 142 valence electrons. The van der Waals surface area contributed by atoms with Crippen molar-refractivity contribution in [3.8, 4) is 0 Å². The molecular formula is C17H32N6O2. The highest BCUT2D eigenvalue weighted by Gasteiger charge is 2.13. The molecule has 1 amide bonds. The predicted molar refractivity (Wildman–Crippen MR) is 98.6 cm³/mol. The number of aryl methyl sites for hydroxylation is 1. The Kier molecular flexibility index (Phi) is 8.37. The van der Waals surface area contributed by atoms with Crippen LogP contribution in [0, 0.1) is 0 Å². The lowest BCUT2D eigenvalue weighted by atomic mass is 10.1. The zero-order valence-corrected chi connectivity index (χ0v) is 16.3. The Morgan fingerprint density at radius 3 is 2.56 bits per heavy atom. The molecule has 0 radical (unpaired) electrons. The van der Waals surface area contributed by atoms with Gasteiger partial charge in [-0.3, -0.25) is 4.79 Å². The van der Waals surface area contributed by atoms with Crippen LogP contribution in [0.4, 0.5) is 0 Å². The summed E-state index contributed by atoms with van der Waals surface area (Å²) in [6.45, 7) is 13.4. The van der Waals surface area contributed by atoms with Gasteiger partial charge in [-0.2, -0.15) is 4.98 Å². The van der Waals surface area contributed by atoms with Crippen LogP contribution in [0.25, 0.3) is 0 Å². The molecule has 0 spiro atoms. The maximum Gasteiger partial charge on any atom is 0.242 e. The van der Waals surface area contributed by atoms with Gasteiger partial charge < -0.3 is 20.5 Å². The molecule has 1 aromatic heterocycles. The molecular weight excluding hydrogens is 320 g/mol. The number of guanidine groups is 1. The average molecular weight is 352 g/mol. The standard InChI is InChI=1S/C17H32N6O2/c1-7-18-16(20-11-13(24)22-17(4,5)6)19-10-8-9-14-21-15(12(2)3)23-25-14/h12H,7-11H2,1-6H3,(H,22,24)(H2,18,19,20). The van der Waals surface area contributed by atoms with Gasteiger partial charge in [0, 0.05) is 31.0 Å². The van der Waals surface area contributed by atoms with Crippen molar-refractivity contribution in [1.29, 1.82) is 0 Å². The van der Waals surface area contributed by atoms with E-state index in [2.05, 4.69) is 31.1 Å². The van der Waals surface area contributed by atoms with Crippen LogP contribution in [0.5, 0.6) is 0 Å². The van der Waals surface area contributed by atoms with Crippen LogP contribution in [0.1, 0.15) is 65.6 Å². The molecule has 1 heterocycles. The average Bonchev–Trinajstić information content (AvgIpc) is 2.96. The van der Waals surface area contributed by atoms with Crippen molar-refractivity contribution < 1.29 is 9.32 Å². The second-order valence-corrected chi connectivity index (χ2v) is 7.22. The number of aromatic nitrogens is 2. The maximum atomic E-state index is 11.8. The van der Waals surface area contributed by atoms with E-state index in [4.69, 9.17) is 4.52 Å². The van der Waals surface area contributed by atoms with Gasteiger partial charge >= 0.3 is 0 Å². The van der Waals surface area contributed by atoms with E-state index in [1.807, 2.05) is 41.5 Å². The third-order valence-corrected chi connectivity index (χ3v) is 3.10. The van der Waals surface area contributed by atoms with E-state index < -0.39 is 0 Å². The molecule has 0 aromatic carbocycles. The first-order valence-electron chi connectivity index (χ1n) is 8.87. The lowest BCUT2D eigenvalue weighted by molar-refractivity contribution is -0.121. The lowest BCUT2D eigenvalue weighted by Gasteiger charge is -2.20. The molecule has 8 nitrogen and oxygen atoms in total. The minimum atomic E-state index is -0.253. The summed E-state index contributed by atoms with van der Waals surface area (Å²) in [6.07, 6.45) is 1.54. The van der Waals surface area contributed by atoms with Crippen molar-refractivity contribution in [2.75, 3.05) is 19.6 Å². The highest BCUT2D eigenvalue weighted by atomic mass is 16.5. The van der Waals surface area contributed by atoms with Gasteiger partial charge in [-0.1, -0.05) is 19.0 Å². The summed E-state index contributed by atoms with van der Waals surface area (Å²) >= 11 is 0. The predicted octanol–water partition coefficient (Wildman–Crippen LogP) is 1.60. The first-order valence-corrected chi connectivity index (χ1v) is 8.87. The minimum absolute atomic E-state index is 0.0913. The van der Waals surface area contributed by atoms with Crippen LogP contribution in [0.15, 0.2) is 9.52 Å². The van der Waals surface area contributed by atoms with E-state index in [1.165, 1.54) is 0 Å². The number of amides is 1. The second kappa shape index (κ2) is 10.0. The van der Waals surface area contributed by atoms with Gasteiger partial charge in [0.2, 0.25) is 11.8 Å². The van der Waals surface area contributed by atoms with Crippen LogP contribution < -0.4 is 16.0 Å². The van der Waals surface area contributed by atoms with Crippen molar-refractivity contribution in [3.05, 3.63) is 11.7 Å². The molecule has 0 aliphatic heterocycles. The SMILES string of the molecule is CCNC(=NCC(=O)NC(C)(C)C)NCCCc1nc(C(C)C)no1. The van der Waals surface area contributed by atoms with Gasteiger partial charge in [0.05, 0.1) is 0 Å². The summed E-state index contributed by atoms with van der Waals surface area (Å²) in [5.41, 5.74) is -0.253. The maximum absolute atomic E-state index is 11.8. The zero-order valence-electron chi connectivity index (χ0n) is 16.3. The summed E-state index contributed by atoms with van der Waals surface area (Å²) in [7, 11) is 0. The molecule has 0 unspecified atom stereocenters. The van der Waals surface area contributed by atoms with Crippen molar-refractivity contribution in [3.63, 3.8) is 0 Å². The van der Waals surface area contributed by atoms with Crippen molar-refractivity contribution >= 4 is 11.9 Å². The molecule has 0 atom stereocenters. The number of hydrogen-bond acceptors (Lipinski definition) is 5.